The molecular weight excluding hydrogens is 380 g/mol. The van der Waals surface area contributed by atoms with Gasteiger partial charge in [0.25, 0.3) is 0 Å². The van der Waals surface area contributed by atoms with Crippen LogP contribution in [0.2, 0.25) is 0 Å². The monoisotopic (exact) mass is 414 g/mol. The molecular formula is C24H34F4O. The molecule has 1 aromatic carbocycles. The lowest BCUT2D eigenvalue weighted by Gasteiger charge is -2.38. The molecule has 0 amide bonds. The first-order chi connectivity index (χ1) is 14.0. The Balaban J connectivity index is 1.48. The van der Waals surface area contributed by atoms with E-state index in [1.165, 1.54) is 63.5 Å². The van der Waals surface area contributed by atoms with E-state index in [9.17, 15) is 17.6 Å². The molecule has 29 heavy (non-hydrogen) atoms. The van der Waals surface area contributed by atoms with Crippen molar-refractivity contribution in [1.29, 1.82) is 0 Å². The third kappa shape index (κ3) is 6.11. The van der Waals surface area contributed by atoms with Gasteiger partial charge in [0.05, 0.1) is 0 Å². The average molecular weight is 415 g/mol. The van der Waals surface area contributed by atoms with E-state index in [1.807, 2.05) is 0 Å². The van der Waals surface area contributed by atoms with E-state index < -0.39 is 24.0 Å². The van der Waals surface area contributed by atoms with Crippen molar-refractivity contribution in [3.8, 4) is 5.75 Å². The van der Waals surface area contributed by atoms with Gasteiger partial charge in [-0.2, -0.15) is 8.78 Å². The van der Waals surface area contributed by atoms with Crippen LogP contribution < -0.4 is 4.74 Å². The van der Waals surface area contributed by atoms with Gasteiger partial charge in [0.1, 0.15) is 0 Å². The summed E-state index contributed by atoms with van der Waals surface area (Å²) in [6.07, 6.45) is 14.8. The molecule has 2 aliphatic rings. The fourth-order valence-electron chi connectivity index (χ4n) is 5.57. The minimum atomic E-state index is -3.23. The number of benzene rings is 1. The third-order valence-corrected chi connectivity index (χ3v) is 7.24. The van der Waals surface area contributed by atoms with Crippen LogP contribution in [-0.2, 0) is 0 Å². The molecule has 0 saturated heterocycles. The summed E-state index contributed by atoms with van der Waals surface area (Å²) in [5.41, 5.74) is 0.569. The van der Waals surface area contributed by atoms with Gasteiger partial charge in [0.15, 0.2) is 17.4 Å². The van der Waals surface area contributed by atoms with Gasteiger partial charge < -0.3 is 4.74 Å². The van der Waals surface area contributed by atoms with Gasteiger partial charge >= 0.3 is 6.61 Å². The molecule has 0 spiro atoms. The topological polar surface area (TPSA) is 9.23 Å². The molecule has 5 heteroatoms. The van der Waals surface area contributed by atoms with Crippen LogP contribution in [0.25, 0.3) is 0 Å². The molecule has 1 aromatic rings. The highest BCUT2D eigenvalue weighted by Crippen LogP contribution is 2.45. The average Bonchev–Trinajstić information content (AvgIpc) is 2.71. The highest BCUT2D eigenvalue weighted by atomic mass is 19.3. The molecule has 0 bridgehead atoms. The molecule has 0 N–H and O–H groups in total. The van der Waals surface area contributed by atoms with Gasteiger partial charge in [-0.25, -0.2) is 8.78 Å². The maximum atomic E-state index is 14.0. The molecule has 164 valence electrons. The van der Waals surface area contributed by atoms with Gasteiger partial charge in [-0.05, 0) is 79.9 Å². The van der Waals surface area contributed by atoms with Crippen LogP contribution in [0.15, 0.2) is 12.1 Å². The van der Waals surface area contributed by atoms with Crippen molar-refractivity contribution in [2.24, 2.45) is 17.8 Å². The van der Waals surface area contributed by atoms with E-state index in [1.54, 1.807) is 0 Å². The van der Waals surface area contributed by atoms with Gasteiger partial charge in [-0.15, -0.1) is 0 Å². The van der Waals surface area contributed by atoms with E-state index in [2.05, 4.69) is 11.7 Å². The molecule has 0 unspecified atom stereocenters. The van der Waals surface area contributed by atoms with Gasteiger partial charge in [0, 0.05) is 0 Å². The molecule has 2 fully saturated rings. The molecule has 2 aliphatic carbocycles. The number of halogens is 4. The number of alkyl halides is 2. The Bertz CT molecular complexity index is 609. The molecule has 0 radical (unpaired) electrons. The van der Waals surface area contributed by atoms with E-state index >= 15 is 0 Å². The van der Waals surface area contributed by atoms with E-state index in [4.69, 9.17) is 0 Å². The van der Waals surface area contributed by atoms with E-state index in [-0.39, 0.29) is 5.92 Å². The van der Waals surface area contributed by atoms with Crippen molar-refractivity contribution in [2.45, 2.75) is 96.5 Å². The molecule has 1 nitrogen and oxygen atoms in total. The minimum absolute atomic E-state index is 0.0984. The summed E-state index contributed by atoms with van der Waals surface area (Å²) in [5, 5.41) is 0. The second kappa shape index (κ2) is 10.7. The maximum absolute atomic E-state index is 14.0. The highest BCUT2D eigenvalue weighted by Gasteiger charge is 2.32. The summed E-state index contributed by atoms with van der Waals surface area (Å²) in [6, 6.07) is 2.35. The standard InChI is InChI=1S/C24H34F4O/c1-2-3-4-5-16-6-8-17(9-7-16)18-10-12-19(13-11-18)20-14-21(25)23(22(26)15-20)29-24(27)28/h14-19,24H,2-13H2,1H3/t16-,17-,18-,19-. The molecule has 0 atom stereocenters. The quantitative estimate of drug-likeness (QED) is 0.307. The van der Waals surface area contributed by atoms with Crippen molar-refractivity contribution >= 4 is 0 Å². The van der Waals surface area contributed by atoms with E-state index in [0.29, 0.717) is 5.56 Å². The number of rotatable bonds is 8. The van der Waals surface area contributed by atoms with Crippen molar-refractivity contribution in [2.75, 3.05) is 0 Å². The first-order valence-corrected chi connectivity index (χ1v) is 11.4. The van der Waals surface area contributed by atoms with Crippen LogP contribution in [-0.4, -0.2) is 6.61 Å². The smallest absolute Gasteiger partial charge is 0.387 e. The summed E-state index contributed by atoms with van der Waals surface area (Å²) in [6.45, 7) is -0.983. The summed E-state index contributed by atoms with van der Waals surface area (Å²) >= 11 is 0. The van der Waals surface area contributed by atoms with Crippen molar-refractivity contribution < 1.29 is 22.3 Å². The fraction of sp³-hybridized carbons (Fsp3) is 0.750. The second-order valence-electron chi connectivity index (χ2n) is 9.08. The number of unbranched alkanes of at least 4 members (excludes halogenated alkanes) is 2. The Morgan fingerprint density at radius 3 is 1.93 bits per heavy atom. The Labute approximate surface area is 172 Å². The summed E-state index contributed by atoms with van der Waals surface area (Å²) in [7, 11) is 0. The summed E-state index contributed by atoms with van der Waals surface area (Å²) in [4.78, 5) is 0. The summed E-state index contributed by atoms with van der Waals surface area (Å²) in [5.74, 6) is -0.524. The normalized spacial score (nSPS) is 27.9. The van der Waals surface area contributed by atoms with Gasteiger partial charge in [-0.1, -0.05) is 45.4 Å². The fourth-order valence-corrected chi connectivity index (χ4v) is 5.57. The first-order valence-electron chi connectivity index (χ1n) is 11.4. The van der Waals surface area contributed by atoms with Crippen LogP contribution in [0.1, 0.15) is 95.5 Å². The molecule has 2 saturated carbocycles. The predicted molar refractivity (Wildman–Crippen MR) is 107 cm³/mol. The zero-order valence-corrected chi connectivity index (χ0v) is 17.4. The van der Waals surface area contributed by atoms with Crippen LogP contribution in [0.5, 0.6) is 5.75 Å². The van der Waals surface area contributed by atoms with Crippen LogP contribution in [0.4, 0.5) is 17.6 Å². The lowest BCUT2D eigenvalue weighted by atomic mass is 9.68. The highest BCUT2D eigenvalue weighted by molar-refractivity contribution is 5.33. The Hall–Kier alpha value is -1.26. The molecule has 0 aliphatic heterocycles. The molecule has 0 heterocycles. The Morgan fingerprint density at radius 1 is 0.862 bits per heavy atom. The van der Waals surface area contributed by atoms with Crippen LogP contribution in [0, 0.1) is 29.4 Å². The van der Waals surface area contributed by atoms with E-state index in [0.717, 1.165) is 43.4 Å². The Morgan fingerprint density at radius 2 is 1.41 bits per heavy atom. The van der Waals surface area contributed by atoms with Crippen molar-refractivity contribution in [3.63, 3.8) is 0 Å². The number of ether oxygens (including phenoxy) is 1. The third-order valence-electron chi connectivity index (χ3n) is 7.24. The molecule has 3 rings (SSSR count). The largest absolute Gasteiger partial charge is 0.429 e. The first kappa shape index (κ1) is 22.4. The maximum Gasteiger partial charge on any atom is 0.387 e. The van der Waals surface area contributed by atoms with Gasteiger partial charge in [-0.3, -0.25) is 0 Å². The van der Waals surface area contributed by atoms with Gasteiger partial charge in [0.2, 0.25) is 0 Å². The lowest BCUT2D eigenvalue weighted by Crippen LogP contribution is -2.25. The number of hydrogen-bond donors (Lipinski definition) is 0. The zero-order chi connectivity index (χ0) is 20.8. The number of hydrogen-bond acceptors (Lipinski definition) is 1. The second-order valence-corrected chi connectivity index (χ2v) is 9.08. The van der Waals surface area contributed by atoms with Crippen LogP contribution >= 0.6 is 0 Å². The lowest BCUT2D eigenvalue weighted by molar-refractivity contribution is -0.0546. The van der Waals surface area contributed by atoms with Crippen molar-refractivity contribution in [3.05, 3.63) is 29.3 Å². The molecule has 0 aromatic heterocycles. The Kier molecular flexibility index (Phi) is 8.25. The van der Waals surface area contributed by atoms with Crippen LogP contribution in [0.3, 0.4) is 0 Å². The minimum Gasteiger partial charge on any atom is -0.429 e. The summed E-state index contributed by atoms with van der Waals surface area (Å²) < 4.78 is 56.7. The predicted octanol–water partition coefficient (Wildman–Crippen LogP) is 8.23. The SMILES string of the molecule is CCCCC[C@H]1CC[C@H]([C@H]2CC[C@H](c3cc(F)c(OC(F)F)c(F)c3)CC2)CC1. The van der Waals surface area contributed by atoms with Crippen molar-refractivity contribution in [1.82, 2.24) is 0 Å². The zero-order valence-electron chi connectivity index (χ0n) is 17.4.